The van der Waals surface area contributed by atoms with Crippen LogP contribution < -0.4 is 0 Å². The molecule has 0 heterocycles. The number of hydrogen-bond acceptors (Lipinski definition) is 2. The molecule has 2 N–H and O–H groups in total. The van der Waals surface area contributed by atoms with Crippen molar-refractivity contribution in [3.63, 3.8) is 0 Å². The minimum absolute atomic E-state index is 0. The molecule has 152 valence electrons. The molecule has 0 fully saturated rings. The number of unbranched alkanes of at least 4 members (excludes halogenated alkanes) is 15. The maximum absolute atomic E-state index is 11.4. The van der Waals surface area contributed by atoms with E-state index in [0.717, 1.165) is 19.3 Å². The maximum Gasteiger partial charge on any atom is 0.305 e. The zero-order valence-corrected chi connectivity index (χ0v) is 17.3. The molecule has 3 nitrogen and oxygen atoms in total. The van der Waals surface area contributed by atoms with Crippen molar-refractivity contribution in [2.24, 2.45) is 0 Å². The lowest BCUT2D eigenvalue weighted by Gasteiger charge is -2.04. The molecule has 0 aromatic rings. The lowest BCUT2D eigenvalue weighted by Crippen LogP contribution is -2.05. The Morgan fingerprint density at radius 1 is 0.560 bits per heavy atom. The lowest BCUT2D eigenvalue weighted by atomic mass is 10.0. The van der Waals surface area contributed by atoms with Crippen molar-refractivity contribution in [2.45, 2.75) is 129 Å². The topological polar surface area (TPSA) is 57.8 Å². The van der Waals surface area contributed by atoms with Gasteiger partial charge in [-0.2, -0.15) is 0 Å². The average molecular weight is 359 g/mol. The molecular weight excluding hydrogens is 312 g/mol. The van der Waals surface area contributed by atoms with Gasteiger partial charge in [-0.3, -0.25) is 4.79 Å². The molecule has 3 heteroatoms. The van der Waals surface area contributed by atoms with E-state index in [4.69, 9.17) is 4.74 Å². The Kier molecular flexibility index (Phi) is 25.0. The quantitative estimate of drug-likeness (QED) is 0.189. The molecule has 0 bridgehead atoms. The normalized spacial score (nSPS) is 10.5. The largest absolute Gasteiger partial charge is 0.466 e. The smallest absolute Gasteiger partial charge is 0.305 e. The third-order valence-electron chi connectivity index (χ3n) is 4.75. The number of ether oxygens (including phenoxy) is 1. The van der Waals surface area contributed by atoms with Crippen molar-refractivity contribution in [2.75, 3.05) is 6.61 Å². The summed E-state index contributed by atoms with van der Waals surface area (Å²) < 4.78 is 5.16. The summed E-state index contributed by atoms with van der Waals surface area (Å²) in [6.45, 7) is 5.00. The average Bonchev–Trinajstić information content (AvgIpc) is 2.58. The van der Waals surface area contributed by atoms with Gasteiger partial charge in [-0.05, 0) is 12.8 Å². The summed E-state index contributed by atoms with van der Waals surface area (Å²) in [7, 11) is 0. The van der Waals surface area contributed by atoms with Crippen molar-refractivity contribution in [1.82, 2.24) is 0 Å². The third kappa shape index (κ3) is 23.4. The van der Waals surface area contributed by atoms with Crippen LogP contribution >= 0.6 is 0 Å². The third-order valence-corrected chi connectivity index (χ3v) is 4.75. The molecule has 25 heavy (non-hydrogen) atoms. The van der Waals surface area contributed by atoms with E-state index in [1.54, 1.807) is 0 Å². The van der Waals surface area contributed by atoms with Gasteiger partial charge in [0, 0.05) is 6.42 Å². The van der Waals surface area contributed by atoms with Crippen LogP contribution in [0.1, 0.15) is 129 Å². The van der Waals surface area contributed by atoms with E-state index in [9.17, 15) is 4.79 Å². The van der Waals surface area contributed by atoms with Crippen LogP contribution in [0.5, 0.6) is 0 Å². The fraction of sp³-hybridized carbons (Fsp3) is 0.955. The monoisotopic (exact) mass is 358 g/mol. The highest BCUT2D eigenvalue weighted by atomic mass is 16.5. The second-order valence-corrected chi connectivity index (χ2v) is 7.27. The van der Waals surface area contributed by atoms with Crippen LogP contribution in [0.25, 0.3) is 0 Å². The van der Waals surface area contributed by atoms with Crippen molar-refractivity contribution < 1.29 is 15.0 Å². The zero-order chi connectivity index (χ0) is 17.7. The van der Waals surface area contributed by atoms with Gasteiger partial charge in [0.2, 0.25) is 0 Å². The van der Waals surface area contributed by atoms with Gasteiger partial charge in [0.15, 0.2) is 0 Å². The number of esters is 1. The standard InChI is InChI=1S/C22H44O2.H2O/c1-3-5-7-8-9-10-11-12-13-14-15-16-17-18-19-20-22(23)24-21-6-4-2;/h3-21H2,1-2H3;1H2. The Labute approximate surface area is 157 Å². The summed E-state index contributed by atoms with van der Waals surface area (Å²) in [6.07, 6.45) is 23.1. The first-order chi connectivity index (χ1) is 11.8. The van der Waals surface area contributed by atoms with Crippen molar-refractivity contribution in [3.8, 4) is 0 Å². The minimum Gasteiger partial charge on any atom is -0.466 e. The first-order valence-corrected chi connectivity index (χ1v) is 11.0. The number of rotatable bonds is 19. The Morgan fingerprint density at radius 3 is 1.32 bits per heavy atom. The van der Waals surface area contributed by atoms with Crippen LogP contribution in [-0.4, -0.2) is 18.1 Å². The van der Waals surface area contributed by atoms with Crippen LogP contribution in [0.2, 0.25) is 0 Å². The highest BCUT2D eigenvalue weighted by molar-refractivity contribution is 5.69. The first kappa shape index (κ1) is 26.7. The molecule has 0 aromatic heterocycles. The Hall–Kier alpha value is -0.570. The van der Waals surface area contributed by atoms with Gasteiger partial charge in [0.25, 0.3) is 0 Å². The molecule has 0 spiro atoms. The van der Waals surface area contributed by atoms with E-state index in [1.807, 2.05) is 0 Å². The molecule has 0 aliphatic rings. The van der Waals surface area contributed by atoms with E-state index in [1.165, 1.54) is 89.9 Å². The summed E-state index contributed by atoms with van der Waals surface area (Å²) in [5, 5.41) is 0. The molecular formula is C22H46O3. The van der Waals surface area contributed by atoms with Gasteiger partial charge < -0.3 is 10.2 Å². The number of carbonyl (C=O) groups excluding carboxylic acids is 1. The van der Waals surface area contributed by atoms with Crippen LogP contribution in [0.4, 0.5) is 0 Å². The van der Waals surface area contributed by atoms with E-state index < -0.39 is 0 Å². The second-order valence-electron chi connectivity index (χ2n) is 7.27. The summed E-state index contributed by atoms with van der Waals surface area (Å²) in [5.41, 5.74) is 0. The number of carbonyl (C=O) groups is 1. The minimum atomic E-state index is -0.00172. The molecule has 0 saturated heterocycles. The van der Waals surface area contributed by atoms with Gasteiger partial charge in [0.05, 0.1) is 6.61 Å². The van der Waals surface area contributed by atoms with Crippen LogP contribution in [0, 0.1) is 0 Å². The van der Waals surface area contributed by atoms with Gasteiger partial charge in [-0.1, -0.05) is 110 Å². The van der Waals surface area contributed by atoms with Crippen LogP contribution in [-0.2, 0) is 9.53 Å². The van der Waals surface area contributed by atoms with Gasteiger partial charge in [-0.15, -0.1) is 0 Å². The molecule has 0 unspecified atom stereocenters. The van der Waals surface area contributed by atoms with Crippen molar-refractivity contribution in [3.05, 3.63) is 0 Å². The molecule has 0 aromatic carbocycles. The van der Waals surface area contributed by atoms with Crippen LogP contribution in [0.3, 0.4) is 0 Å². The predicted molar refractivity (Wildman–Crippen MR) is 109 cm³/mol. The summed E-state index contributed by atoms with van der Waals surface area (Å²) >= 11 is 0. The predicted octanol–water partition coefficient (Wildman–Crippen LogP) is 6.77. The fourth-order valence-corrected chi connectivity index (χ4v) is 3.04. The molecule has 0 atom stereocenters. The highest BCUT2D eigenvalue weighted by Crippen LogP contribution is 2.13. The molecule has 0 aliphatic carbocycles. The maximum atomic E-state index is 11.4. The summed E-state index contributed by atoms with van der Waals surface area (Å²) in [5.74, 6) is -0.00172. The van der Waals surface area contributed by atoms with E-state index in [-0.39, 0.29) is 11.4 Å². The zero-order valence-electron chi connectivity index (χ0n) is 17.3. The van der Waals surface area contributed by atoms with E-state index in [2.05, 4.69) is 13.8 Å². The fourth-order valence-electron chi connectivity index (χ4n) is 3.04. The van der Waals surface area contributed by atoms with Gasteiger partial charge in [0.1, 0.15) is 0 Å². The molecule has 0 rings (SSSR count). The SMILES string of the molecule is CCCCCCCCCCCCCCCCCC(=O)OCCCC.O. The van der Waals surface area contributed by atoms with Crippen LogP contribution in [0.15, 0.2) is 0 Å². The summed E-state index contributed by atoms with van der Waals surface area (Å²) in [6, 6.07) is 0. The molecule has 0 saturated carbocycles. The molecule has 0 aliphatic heterocycles. The Bertz CT molecular complexity index is 254. The number of hydrogen-bond donors (Lipinski definition) is 0. The lowest BCUT2D eigenvalue weighted by molar-refractivity contribution is -0.143. The van der Waals surface area contributed by atoms with E-state index >= 15 is 0 Å². The van der Waals surface area contributed by atoms with Crippen molar-refractivity contribution in [1.29, 1.82) is 0 Å². The second kappa shape index (κ2) is 23.4. The Balaban J connectivity index is 0. The highest BCUT2D eigenvalue weighted by Gasteiger charge is 2.01. The van der Waals surface area contributed by atoms with Gasteiger partial charge in [-0.25, -0.2) is 0 Å². The molecule has 0 radical (unpaired) electrons. The van der Waals surface area contributed by atoms with Gasteiger partial charge >= 0.3 is 5.97 Å². The first-order valence-electron chi connectivity index (χ1n) is 11.0. The molecule has 0 amide bonds. The summed E-state index contributed by atoms with van der Waals surface area (Å²) in [4.78, 5) is 11.4. The Morgan fingerprint density at radius 2 is 0.920 bits per heavy atom. The van der Waals surface area contributed by atoms with E-state index in [0.29, 0.717) is 13.0 Å². The van der Waals surface area contributed by atoms with Crippen molar-refractivity contribution >= 4 is 5.97 Å².